The van der Waals surface area contributed by atoms with Gasteiger partial charge in [0.2, 0.25) is 15.8 Å². The van der Waals surface area contributed by atoms with Gasteiger partial charge in [0.25, 0.3) is 5.91 Å². The first-order chi connectivity index (χ1) is 14.2. The van der Waals surface area contributed by atoms with Crippen molar-refractivity contribution in [2.45, 2.75) is 4.90 Å². The minimum absolute atomic E-state index is 0.176. The van der Waals surface area contributed by atoms with Crippen molar-refractivity contribution in [1.29, 1.82) is 0 Å². The standard InChI is InChI=1S/C20H26N2O7S/c1-22(2)30(24,25)16-8-6-15(7-9-16)29-11-10-21-20(23)14-12-17(26-3)19(28-5)18(13-14)27-4/h6-9,12-13H,10-11H2,1-5H3,(H,21,23). The van der Waals surface area contributed by atoms with E-state index in [-0.39, 0.29) is 24.0 Å². The number of hydrogen-bond acceptors (Lipinski definition) is 7. The number of methoxy groups -OCH3 is 3. The Kier molecular flexibility index (Phi) is 7.90. The molecule has 9 nitrogen and oxygen atoms in total. The molecule has 0 heterocycles. The van der Waals surface area contributed by atoms with E-state index in [1.807, 2.05) is 0 Å². The fourth-order valence-electron chi connectivity index (χ4n) is 2.57. The van der Waals surface area contributed by atoms with Crippen LogP contribution < -0.4 is 24.3 Å². The molecule has 0 fully saturated rings. The van der Waals surface area contributed by atoms with Gasteiger partial charge in [0.15, 0.2) is 11.5 Å². The molecule has 0 unspecified atom stereocenters. The molecule has 2 rings (SSSR count). The van der Waals surface area contributed by atoms with Crippen LogP contribution >= 0.6 is 0 Å². The molecule has 30 heavy (non-hydrogen) atoms. The summed E-state index contributed by atoms with van der Waals surface area (Å²) < 4.78 is 46.5. The summed E-state index contributed by atoms with van der Waals surface area (Å²) in [5, 5.41) is 2.74. The van der Waals surface area contributed by atoms with Crippen LogP contribution in [0.15, 0.2) is 41.3 Å². The number of ether oxygens (including phenoxy) is 4. The molecule has 0 aliphatic rings. The highest BCUT2D eigenvalue weighted by molar-refractivity contribution is 7.89. The fourth-order valence-corrected chi connectivity index (χ4v) is 3.47. The number of nitrogens with one attached hydrogen (secondary N) is 1. The molecule has 1 N–H and O–H groups in total. The van der Waals surface area contributed by atoms with Crippen molar-refractivity contribution in [3.05, 3.63) is 42.0 Å². The van der Waals surface area contributed by atoms with E-state index in [2.05, 4.69) is 5.32 Å². The van der Waals surface area contributed by atoms with Gasteiger partial charge < -0.3 is 24.3 Å². The van der Waals surface area contributed by atoms with Gasteiger partial charge in [-0.25, -0.2) is 12.7 Å². The van der Waals surface area contributed by atoms with Crippen LogP contribution in [-0.2, 0) is 10.0 Å². The summed E-state index contributed by atoms with van der Waals surface area (Å²) >= 11 is 0. The Morgan fingerprint density at radius 1 is 0.967 bits per heavy atom. The van der Waals surface area contributed by atoms with Crippen LogP contribution in [0.25, 0.3) is 0 Å². The predicted octanol–water partition coefficient (Wildman–Crippen LogP) is 1.77. The Hall–Kier alpha value is -2.98. The smallest absolute Gasteiger partial charge is 0.251 e. The summed E-state index contributed by atoms with van der Waals surface area (Å²) in [6, 6.07) is 9.19. The average Bonchev–Trinajstić information content (AvgIpc) is 2.75. The van der Waals surface area contributed by atoms with Gasteiger partial charge in [0.1, 0.15) is 12.4 Å². The van der Waals surface area contributed by atoms with Gasteiger partial charge in [-0.15, -0.1) is 0 Å². The summed E-state index contributed by atoms with van der Waals surface area (Å²) in [7, 11) is 3.89. The van der Waals surface area contributed by atoms with Crippen LogP contribution in [0.3, 0.4) is 0 Å². The Bertz CT molecular complexity index is 948. The summed E-state index contributed by atoms with van der Waals surface area (Å²) in [6.07, 6.45) is 0. The first-order valence-electron chi connectivity index (χ1n) is 8.98. The molecule has 0 aliphatic heterocycles. The van der Waals surface area contributed by atoms with E-state index in [4.69, 9.17) is 18.9 Å². The second-order valence-electron chi connectivity index (χ2n) is 6.28. The molecule has 0 aromatic heterocycles. The molecule has 0 spiro atoms. The van der Waals surface area contributed by atoms with Crippen LogP contribution in [0.5, 0.6) is 23.0 Å². The van der Waals surface area contributed by atoms with Crippen molar-refractivity contribution < 1.29 is 32.2 Å². The van der Waals surface area contributed by atoms with Gasteiger partial charge in [-0.3, -0.25) is 4.79 Å². The number of sulfonamides is 1. The van der Waals surface area contributed by atoms with Gasteiger partial charge in [0, 0.05) is 19.7 Å². The predicted molar refractivity (Wildman–Crippen MR) is 111 cm³/mol. The molecule has 164 valence electrons. The zero-order valence-corrected chi connectivity index (χ0v) is 18.4. The molecule has 0 bridgehead atoms. The lowest BCUT2D eigenvalue weighted by Crippen LogP contribution is -2.28. The lowest BCUT2D eigenvalue weighted by molar-refractivity contribution is 0.0946. The number of carbonyl (C=O) groups excluding carboxylic acids is 1. The van der Waals surface area contributed by atoms with E-state index < -0.39 is 10.0 Å². The number of benzene rings is 2. The first-order valence-corrected chi connectivity index (χ1v) is 10.4. The van der Waals surface area contributed by atoms with Gasteiger partial charge in [-0.1, -0.05) is 0 Å². The molecule has 10 heteroatoms. The monoisotopic (exact) mass is 438 g/mol. The maximum absolute atomic E-state index is 12.4. The second kappa shape index (κ2) is 10.2. The summed E-state index contributed by atoms with van der Waals surface area (Å²) in [5.74, 6) is 1.33. The third-order valence-electron chi connectivity index (χ3n) is 4.19. The normalized spacial score (nSPS) is 11.1. The number of hydrogen-bond donors (Lipinski definition) is 1. The van der Waals surface area contributed by atoms with Crippen molar-refractivity contribution >= 4 is 15.9 Å². The zero-order valence-electron chi connectivity index (χ0n) is 17.6. The minimum atomic E-state index is -3.49. The molecule has 2 aromatic carbocycles. The molecule has 0 radical (unpaired) electrons. The van der Waals surface area contributed by atoms with Crippen LogP contribution in [0, 0.1) is 0 Å². The number of rotatable bonds is 10. The Labute approximate surface area is 176 Å². The minimum Gasteiger partial charge on any atom is -0.493 e. The van der Waals surface area contributed by atoms with E-state index in [1.54, 1.807) is 24.3 Å². The maximum Gasteiger partial charge on any atom is 0.251 e. The summed E-state index contributed by atoms with van der Waals surface area (Å²) in [6.45, 7) is 0.448. The van der Waals surface area contributed by atoms with Gasteiger partial charge in [0.05, 0.1) is 32.8 Å². The van der Waals surface area contributed by atoms with E-state index in [9.17, 15) is 13.2 Å². The molecule has 1 amide bonds. The zero-order chi connectivity index (χ0) is 22.3. The Morgan fingerprint density at radius 3 is 2.00 bits per heavy atom. The van der Waals surface area contributed by atoms with E-state index in [1.165, 1.54) is 47.6 Å². The lowest BCUT2D eigenvalue weighted by Gasteiger charge is -2.14. The Morgan fingerprint density at radius 2 is 1.53 bits per heavy atom. The van der Waals surface area contributed by atoms with Crippen molar-refractivity contribution in [3.63, 3.8) is 0 Å². The molecule has 2 aromatic rings. The van der Waals surface area contributed by atoms with E-state index in [0.29, 0.717) is 28.6 Å². The summed E-state index contributed by atoms with van der Waals surface area (Å²) in [4.78, 5) is 12.6. The van der Waals surface area contributed by atoms with Crippen LogP contribution in [-0.4, -0.2) is 67.2 Å². The van der Waals surface area contributed by atoms with Gasteiger partial charge in [-0.05, 0) is 36.4 Å². The molecule has 0 atom stereocenters. The topological polar surface area (TPSA) is 103 Å². The van der Waals surface area contributed by atoms with Crippen molar-refractivity contribution in [3.8, 4) is 23.0 Å². The molecule has 0 saturated carbocycles. The van der Waals surface area contributed by atoms with Crippen molar-refractivity contribution in [2.24, 2.45) is 0 Å². The Balaban J connectivity index is 1.94. The highest BCUT2D eigenvalue weighted by Crippen LogP contribution is 2.38. The quantitative estimate of drug-likeness (QED) is 0.564. The molecular weight excluding hydrogens is 412 g/mol. The number of carbonyl (C=O) groups is 1. The molecular formula is C20H26N2O7S. The lowest BCUT2D eigenvalue weighted by atomic mass is 10.1. The number of nitrogens with zero attached hydrogens (tertiary/aromatic N) is 1. The van der Waals surface area contributed by atoms with E-state index >= 15 is 0 Å². The third-order valence-corrected chi connectivity index (χ3v) is 6.01. The SMILES string of the molecule is COc1cc(C(=O)NCCOc2ccc(S(=O)(=O)N(C)C)cc2)cc(OC)c1OC. The van der Waals surface area contributed by atoms with Crippen LogP contribution in [0.2, 0.25) is 0 Å². The van der Waals surface area contributed by atoms with Crippen LogP contribution in [0.4, 0.5) is 0 Å². The van der Waals surface area contributed by atoms with Crippen LogP contribution in [0.1, 0.15) is 10.4 Å². The van der Waals surface area contributed by atoms with Crippen molar-refractivity contribution in [1.82, 2.24) is 9.62 Å². The van der Waals surface area contributed by atoms with Crippen molar-refractivity contribution in [2.75, 3.05) is 48.6 Å². The average molecular weight is 439 g/mol. The van der Waals surface area contributed by atoms with Gasteiger partial charge >= 0.3 is 0 Å². The third kappa shape index (κ3) is 5.33. The fraction of sp³-hybridized carbons (Fsp3) is 0.350. The molecule has 0 saturated heterocycles. The van der Waals surface area contributed by atoms with Gasteiger partial charge in [-0.2, -0.15) is 0 Å². The largest absolute Gasteiger partial charge is 0.493 e. The summed E-state index contributed by atoms with van der Waals surface area (Å²) in [5.41, 5.74) is 0.350. The second-order valence-corrected chi connectivity index (χ2v) is 8.43. The number of amides is 1. The first kappa shape index (κ1) is 23.3. The molecule has 0 aliphatic carbocycles. The highest BCUT2D eigenvalue weighted by atomic mass is 32.2. The maximum atomic E-state index is 12.4. The van der Waals surface area contributed by atoms with E-state index in [0.717, 1.165) is 4.31 Å². The highest BCUT2D eigenvalue weighted by Gasteiger charge is 2.18.